The summed E-state index contributed by atoms with van der Waals surface area (Å²) in [4.78, 5) is 10.9. The minimum atomic E-state index is -0.593. The Morgan fingerprint density at radius 1 is 1.82 bits per heavy atom. The molecule has 1 aliphatic rings. The van der Waals surface area contributed by atoms with Crippen LogP contribution in [0.25, 0.3) is 0 Å². The molecule has 0 aromatic heterocycles. The molecule has 0 radical (unpaired) electrons. The van der Waals surface area contributed by atoms with E-state index in [1.54, 1.807) is 13.8 Å². The largest absolute Gasteiger partial charge is 0.464 e. The predicted molar refractivity (Wildman–Crippen MR) is 37.0 cm³/mol. The van der Waals surface area contributed by atoms with Crippen molar-refractivity contribution in [3.8, 4) is 0 Å². The molecule has 1 fully saturated rings. The Balaban J connectivity index is 2.26. The fourth-order valence-electron chi connectivity index (χ4n) is 0.905. The fourth-order valence-corrected chi connectivity index (χ4v) is 0.905. The highest BCUT2D eigenvalue weighted by atomic mass is 16.6. The van der Waals surface area contributed by atoms with Crippen LogP contribution in [-0.4, -0.2) is 36.0 Å². The molecule has 3 atom stereocenters. The summed E-state index contributed by atoms with van der Waals surface area (Å²) in [6, 6.07) is 0. The zero-order chi connectivity index (χ0) is 8.43. The van der Waals surface area contributed by atoms with Crippen LogP contribution in [0.15, 0.2) is 0 Å². The molecule has 0 saturated carbocycles. The highest BCUT2D eigenvalue weighted by Crippen LogP contribution is 2.26. The van der Waals surface area contributed by atoms with Gasteiger partial charge in [-0.1, -0.05) is 0 Å². The Kier molecular flexibility index (Phi) is 2.46. The second kappa shape index (κ2) is 3.19. The third kappa shape index (κ3) is 1.91. The first-order chi connectivity index (χ1) is 5.16. The zero-order valence-corrected chi connectivity index (χ0v) is 6.61. The molecule has 0 unspecified atom stereocenters. The van der Waals surface area contributed by atoms with E-state index in [2.05, 4.69) is 4.74 Å². The molecule has 1 N–H and O–H groups in total. The van der Waals surface area contributed by atoms with Crippen molar-refractivity contribution in [1.29, 1.82) is 0 Å². The molecule has 0 aliphatic carbocycles. The molecule has 1 saturated heterocycles. The number of carbonyl (C=O) groups is 1. The van der Waals surface area contributed by atoms with Gasteiger partial charge in [0.1, 0.15) is 6.10 Å². The number of aliphatic hydroxyl groups is 1. The molecule has 0 amide bonds. The maximum Gasteiger partial charge on any atom is 0.338 e. The summed E-state index contributed by atoms with van der Waals surface area (Å²) < 4.78 is 9.54. The third-order valence-corrected chi connectivity index (χ3v) is 1.52. The van der Waals surface area contributed by atoms with Crippen molar-refractivity contribution < 1.29 is 19.4 Å². The van der Waals surface area contributed by atoms with E-state index in [4.69, 9.17) is 9.84 Å². The molecule has 0 spiro atoms. The molecule has 4 heteroatoms. The molecule has 1 aliphatic heterocycles. The summed E-state index contributed by atoms with van der Waals surface area (Å²) in [6.45, 7) is 3.67. The number of hydrogen-bond acceptors (Lipinski definition) is 4. The van der Waals surface area contributed by atoms with E-state index >= 15 is 0 Å². The lowest BCUT2D eigenvalue weighted by Gasteiger charge is -1.97. The average Bonchev–Trinajstić information content (AvgIpc) is 2.65. The van der Waals surface area contributed by atoms with E-state index < -0.39 is 12.2 Å². The van der Waals surface area contributed by atoms with Gasteiger partial charge in [-0.3, -0.25) is 0 Å². The highest BCUT2D eigenvalue weighted by Gasteiger charge is 2.49. The molecule has 64 valence electrons. The summed E-state index contributed by atoms with van der Waals surface area (Å²) >= 11 is 0. The van der Waals surface area contributed by atoms with Gasteiger partial charge in [0.25, 0.3) is 0 Å². The molecular formula is C7H12O4. The van der Waals surface area contributed by atoms with E-state index in [1.807, 2.05) is 0 Å². The maximum absolute atomic E-state index is 10.9. The summed E-state index contributed by atoms with van der Waals surface area (Å²) in [7, 11) is 0. The van der Waals surface area contributed by atoms with Crippen LogP contribution in [-0.2, 0) is 14.3 Å². The van der Waals surface area contributed by atoms with Crippen molar-refractivity contribution in [2.45, 2.75) is 32.2 Å². The normalized spacial score (nSPS) is 31.2. The number of hydrogen-bond donors (Lipinski definition) is 1. The second-order valence-electron chi connectivity index (χ2n) is 2.51. The van der Waals surface area contributed by atoms with Crippen LogP contribution in [0.2, 0.25) is 0 Å². The number of ether oxygens (including phenoxy) is 2. The quantitative estimate of drug-likeness (QED) is 0.454. The average molecular weight is 160 g/mol. The lowest BCUT2D eigenvalue weighted by atomic mass is 10.2. The first kappa shape index (κ1) is 8.49. The minimum Gasteiger partial charge on any atom is -0.464 e. The molecule has 1 heterocycles. The van der Waals surface area contributed by atoms with E-state index in [9.17, 15) is 4.79 Å². The van der Waals surface area contributed by atoms with E-state index in [0.29, 0.717) is 6.61 Å². The van der Waals surface area contributed by atoms with E-state index in [0.717, 1.165) is 0 Å². The first-order valence-corrected chi connectivity index (χ1v) is 3.67. The van der Waals surface area contributed by atoms with Crippen molar-refractivity contribution in [3.05, 3.63) is 0 Å². The first-order valence-electron chi connectivity index (χ1n) is 3.67. The summed E-state index contributed by atoms with van der Waals surface area (Å²) in [5.41, 5.74) is 0. The van der Waals surface area contributed by atoms with Gasteiger partial charge in [-0.2, -0.15) is 0 Å². The zero-order valence-electron chi connectivity index (χ0n) is 6.61. The minimum absolute atomic E-state index is 0.352. The maximum atomic E-state index is 10.9. The molecule has 0 bridgehead atoms. The van der Waals surface area contributed by atoms with Gasteiger partial charge in [-0.15, -0.1) is 0 Å². The Labute approximate surface area is 65.1 Å². The lowest BCUT2D eigenvalue weighted by molar-refractivity contribution is -0.144. The van der Waals surface area contributed by atoms with Gasteiger partial charge in [0.05, 0.1) is 12.7 Å². The highest BCUT2D eigenvalue weighted by molar-refractivity contribution is 5.78. The molecule has 0 aromatic carbocycles. The van der Waals surface area contributed by atoms with Crippen molar-refractivity contribution in [2.75, 3.05) is 6.61 Å². The van der Waals surface area contributed by atoms with Crippen LogP contribution in [0.1, 0.15) is 13.8 Å². The van der Waals surface area contributed by atoms with Crippen LogP contribution in [0.3, 0.4) is 0 Å². The van der Waals surface area contributed by atoms with Crippen LogP contribution < -0.4 is 0 Å². The molecule has 4 nitrogen and oxygen atoms in total. The smallest absolute Gasteiger partial charge is 0.338 e. The fraction of sp³-hybridized carbons (Fsp3) is 0.857. The number of aliphatic hydroxyl groups excluding tert-OH is 1. The number of esters is 1. The number of carbonyl (C=O) groups excluding carboxylic acids is 1. The molecule has 0 aromatic rings. The number of epoxide rings is 1. The molecule has 11 heavy (non-hydrogen) atoms. The van der Waals surface area contributed by atoms with E-state index in [-0.39, 0.29) is 12.1 Å². The lowest BCUT2D eigenvalue weighted by Crippen LogP contribution is -2.19. The van der Waals surface area contributed by atoms with Gasteiger partial charge in [0, 0.05) is 0 Å². The van der Waals surface area contributed by atoms with Crippen LogP contribution in [0.4, 0.5) is 0 Å². The van der Waals surface area contributed by atoms with E-state index in [1.165, 1.54) is 0 Å². The Morgan fingerprint density at radius 2 is 2.45 bits per heavy atom. The van der Waals surface area contributed by atoms with Crippen LogP contribution in [0.5, 0.6) is 0 Å². The SMILES string of the molecule is CCOC(=O)[C@H]1O[C@@H]1[C@H](C)O. The summed E-state index contributed by atoms with van der Waals surface area (Å²) in [5.74, 6) is -0.376. The Morgan fingerprint density at radius 3 is 2.82 bits per heavy atom. The summed E-state index contributed by atoms with van der Waals surface area (Å²) in [6.07, 6.45) is -1.48. The van der Waals surface area contributed by atoms with Crippen LogP contribution in [0, 0.1) is 0 Å². The molecule has 1 rings (SSSR count). The molecular weight excluding hydrogens is 148 g/mol. The second-order valence-corrected chi connectivity index (χ2v) is 2.51. The van der Waals surface area contributed by atoms with Gasteiger partial charge in [-0.25, -0.2) is 4.79 Å². The third-order valence-electron chi connectivity index (χ3n) is 1.52. The van der Waals surface area contributed by atoms with Gasteiger partial charge < -0.3 is 14.6 Å². The van der Waals surface area contributed by atoms with Crippen molar-refractivity contribution in [1.82, 2.24) is 0 Å². The van der Waals surface area contributed by atoms with Gasteiger partial charge in [0.15, 0.2) is 6.10 Å². The van der Waals surface area contributed by atoms with Crippen molar-refractivity contribution >= 4 is 5.97 Å². The standard InChI is InChI=1S/C7H12O4/c1-3-10-7(9)6-5(11-6)4(2)8/h4-6,8H,3H2,1-2H3/t4-,5+,6-/m0/s1. The van der Waals surface area contributed by atoms with Crippen molar-refractivity contribution in [2.24, 2.45) is 0 Å². The summed E-state index contributed by atoms with van der Waals surface area (Å²) in [5, 5.41) is 8.95. The topological polar surface area (TPSA) is 59.1 Å². The van der Waals surface area contributed by atoms with Gasteiger partial charge in [-0.05, 0) is 13.8 Å². The van der Waals surface area contributed by atoms with Gasteiger partial charge >= 0.3 is 5.97 Å². The van der Waals surface area contributed by atoms with Gasteiger partial charge in [0.2, 0.25) is 0 Å². The predicted octanol–water partition coefficient (Wildman–Crippen LogP) is -0.302. The van der Waals surface area contributed by atoms with Crippen molar-refractivity contribution in [3.63, 3.8) is 0 Å². The Bertz CT molecular complexity index is 155. The monoisotopic (exact) mass is 160 g/mol. The Hall–Kier alpha value is -0.610. The van der Waals surface area contributed by atoms with Crippen LogP contribution >= 0.6 is 0 Å². The number of rotatable bonds is 3.